The van der Waals surface area contributed by atoms with Crippen molar-refractivity contribution in [2.24, 2.45) is 4.99 Å². The van der Waals surface area contributed by atoms with E-state index in [1.165, 1.54) is 38.0 Å². The Kier molecular flexibility index (Phi) is 7.43. The molecule has 1 unspecified atom stereocenters. The van der Waals surface area contributed by atoms with Gasteiger partial charge >= 0.3 is 0 Å². The number of guanidine groups is 1. The van der Waals surface area contributed by atoms with Crippen LogP contribution in [-0.4, -0.2) is 56.8 Å². The zero-order valence-corrected chi connectivity index (χ0v) is 17.9. The van der Waals surface area contributed by atoms with E-state index in [9.17, 15) is 0 Å². The third-order valence-corrected chi connectivity index (χ3v) is 5.73. The molecule has 0 bridgehead atoms. The minimum atomic E-state index is 0.237. The zero-order valence-electron chi connectivity index (χ0n) is 17.9. The van der Waals surface area contributed by atoms with E-state index in [0.717, 1.165) is 42.3 Å². The Morgan fingerprint density at radius 3 is 2.79 bits per heavy atom. The molecular formula is C22H36N4O2. The number of fused-ring (bicyclic) bond motifs is 1. The maximum atomic E-state index is 5.91. The smallest absolute Gasteiger partial charge is 0.191 e. The number of nitrogens with zero attached hydrogens (tertiary/aromatic N) is 2. The summed E-state index contributed by atoms with van der Waals surface area (Å²) < 4.78 is 11.5. The van der Waals surface area contributed by atoms with Crippen LogP contribution in [0.3, 0.4) is 0 Å². The topological polar surface area (TPSA) is 58.1 Å². The summed E-state index contributed by atoms with van der Waals surface area (Å²) >= 11 is 0. The monoisotopic (exact) mass is 388 g/mol. The first-order chi connectivity index (χ1) is 13.6. The van der Waals surface area contributed by atoms with Crippen LogP contribution in [0.4, 0.5) is 0 Å². The first kappa shape index (κ1) is 20.8. The van der Waals surface area contributed by atoms with Crippen molar-refractivity contribution in [1.29, 1.82) is 0 Å². The molecular weight excluding hydrogens is 352 g/mol. The number of aliphatic imine (C=N–C) groups is 1. The van der Waals surface area contributed by atoms with Gasteiger partial charge in [-0.25, -0.2) is 0 Å². The summed E-state index contributed by atoms with van der Waals surface area (Å²) in [5, 5.41) is 7.03. The largest absolute Gasteiger partial charge is 0.496 e. The van der Waals surface area contributed by atoms with Crippen LogP contribution in [0.25, 0.3) is 0 Å². The van der Waals surface area contributed by atoms with E-state index in [-0.39, 0.29) is 6.10 Å². The van der Waals surface area contributed by atoms with E-state index in [1.807, 2.05) is 7.05 Å². The fourth-order valence-electron chi connectivity index (χ4n) is 4.06. The Morgan fingerprint density at radius 2 is 2.11 bits per heavy atom. The lowest BCUT2D eigenvalue weighted by Gasteiger charge is -2.33. The highest BCUT2D eigenvalue weighted by atomic mass is 16.5. The zero-order chi connectivity index (χ0) is 19.9. The molecule has 2 aliphatic rings. The first-order valence-electron chi connectivity index (χ1n) is 10.7. The van der Waals surface area contributed by atoms with Gasteiger partial charge in [-0.05, 0) is 44.9 Å². The van der Waals surface area contributed by atoms with Gasteiger partial charge in [-0.3, -0.25) is 4.99 Å². The van der Waals surface area contributed by atoms with Gasteiger partial charge in [0.05, 0.1) is 7.11 Å². The van der Waals surface area contributed by atoms with E-state index in [0.29, 0.717) is 12.6 Å². The molecule has 156 valence electrons. The molecule has 1 aromatic carbocycles. The van der Waals surface area contributed by atoms with Gasteiger partial charge in [0.25, 0.3) is 0 Å². The van der Waals surface area contributed by atoms with Crippen LogP contribution in [-0.2, 0) is 13.0 Å². The fraction of sp³-hybridized carbons (Fsp3) is 0.682. The molecule has 1 atom stereocenters. The summed E-state index contributed by atoms with van der Waals surface area (Å²) in [6, 6.07) is 4.69. The van der Waals surface area contributed by atoms with Crippen molar-refractivity contribution < 1.29 is 9.47 Å². The summed E-state index contributed by atoms with van der Waals surface area (Å²) in [7, 11) is 3.56. The minimum Gasteiger partial charge on any atom is -0.496 e. The number of likely N-dealkylation sites (tertiary alicyclic amines) is 1. The lowest BCUT2D eigenvalue weighted by molar-refractivity contribution is 0.203. The van der Waals surface area contributed by atoms with Gasteiger partial charge in [0, 0.05) is 50.3 Å². The van der Waals surface area contributed by atoms with Gasteiger partial charge < -0.3 is 25.0 Å². The molecule has 3 rings (SSSR count). The number of piperidine rings is 1. The summed E-state index contributed by atoms with van der Waals surface area (Å²) in [6.07, 6.45) is 6.08. The highest BCUT2D eigenvalue weighted by Crippen LogP contribution is 2.34. The molecule has 1 saturated heterocycles. The number of nitrogens with one attached hydrogen (secondary N) is 2. The van der Waals surface area contributed by atoms with Crippen LogP contribution in [0.1, 0.15) is 50.7 Å². The van der Waals surface area contributed by atoms with E-state index in [2.05, 4.69) is 46.5 Å². The maximum absolute atomic E-state index is 5.91. The Bertz CT molecular complexity index is 669. The second-order valence-electron chi connectivity index (χ2n) is 7.94. The molecule has 0 radical (unpaired) electrons. The van der Waals surface area contributed by atoms with Gasteiger partial charge in [-0.1, -0.05) is 13.3 Å². The molecule has 0 aromatic heterocycles. The van der Waals surface area contributed by atoms with Crippen molar-refractivity contribution >= 4 is 5.96 Å². The molecule has 1 aromatic rings. The second-order valence-corrected chi connectivity index (χ2v) is 7.94. The summed E-state index contributed by atoms with van der Waals surface area (Å²) in [6.45, 7) is 8.58. The molecule has 0 saturated carbocycles. The number of hydrogen-bond donors (Lipinski definition) is 2. The lowest BCUT2D eigenvalue weighted by Crippen LogP contribution is -2.48. The Morgan fingerprint density at radius 1 is 1.32 bits per heavy atom. The van der Waals surface area contributed by atoms with Gasteiger partial charge in [-0.2, -0.15) is 0 Å². The summed E-state index contributed by atoms with van der Waals surface area (Å²) in [4.78, 5) is 6.99. The Hall–Kier alpha value is -1.95. The van der Waals surface area contributed by atoms with Crippen molar-refractivity contribution in [3.05, 3.63) is 23.3 Å². The van der Waals surface area contributed by atoms with Crippen molar-refractivity contribution in [1.82, 2.24) is 15.5 Å². The first-order valence-corrected chi connectivity index (χ1v) is 10.7. The van der Waals surface area contributed by atoms with Crippen molar-refractivity contribution in [2.45, 2.75) is 64.6 Å². The Labute approximate surface area is 169 Å². The number of benzene rings is 1. The van der Waals surface area contributed by atoms with Crippen LogP contribution in [0.5, 0.6) is 11.5 Å². The predicted molar refractivity (Wildman–Crippen MR) is 114 cm³/mol. The normalized spacial score (nSPS) is 20.6. The second kappa shape index (κ2) is 10.0. The third kappa shape index (κ3) is 5.31. The molecule has 2 aliphatic heterocycles. The molecule has 0 amide bonds. The average Bonchev–Trinajstić information content (AvgIpc) is 3.08. The van der Waals surface area contributed by atoms with Gasteiger partial charge in [0.15, 0.2) is 5.96 Å². The third-order valence-electron chi connectivity index (χ3n) is 5.73. The number of unbranched alkanes of at least 4 members (excludes halogenated alkanes) is 1. The average molecular weight is 389 g/mol. The van der Waals surface area contributed by atoms with Crippen LogP contribution in [0.2, 0.25) is 0 Å². The highest BCUT2D eigenvalue weighted by molar-refractivity contribution is 5.80. The van der Waals surface area contributed by atoms with Crippen LogP contribution in [0, 0.1) is 0 Å². The van der Waals surface area contributed by atoms with Gasteiger partial charge in [0.1, 0.15) is 17.6 Å². The molecule has 1 fully saturated rings. The van der Waals surface area contributed by atoms with Crippen LogP contribution >= 0.6 is 0 Å². The van der Waals surface area contributed by atoms with Gasteiger partial charge in [-0.15, -0.1) is 0 Å². The van der Waals surface area contributed by atoms with Crippen LogP contribution < -0.4 is 20.1 Å². The predicted octanol–water partition coefficient (Wildman–Crippen LogP) is 2.95. The molecule has 6 heteroatoms. The summed E-state index contributed by atoms with van der Waals surface area (Å²) in [5.74, 6) is 2.74. The number of hydrogen-bond acceptors (Lipinski definition) is 4. The summed E-state index contributed by atoms with van der Waals surface area (Å²) in [5.41, 5.74) is 2.32. The molecule has 2 heterocycles. The quantitative estimate of drug-likeness (QED) is 0.556. The van der Waals surface area contributed by atoms with Crippen molar-refractivity contribution in [3.63, 3.8) is 0 Å². The lowest BCUT2D eigenvalue weighted by atomic mass is 10.0. The molecule has 0 spiro atoms. The fourth-order valence-corrected chi connectivity index (χ4v) is 4.06. The van der Waals surface area contributed by atoms with E-state index in [4.69, 9.17) is 9.47 Å². The molecule has 0 aliphatic carbocycles. The van der Waals surface area contributed by atoms with Crippen molar-refractivity contribution in [3.8, 4) is 11.5 Å². The van der Waals surface area contributed by atoms with Gasteiger partial charge in [0.2, 0.25) is 0 Å². The molecule has 6 nitrogen and oxygen atoms in total. The van der Waals surface area contributed by atoms with E-state index in [1.54, 1.807) is 7.11 Å². The number of rotatable bonds is 7. The Balaban J connectivity index is 1.52. The molecule has 28 heavy (non-hydrogen) atoms. The minimum absolute atomic E-state index is 0.237. The molecule has 2 N–H and O–H groups in total. The highest BCUT2D eigenvalue weighted by Gasteiger charge is 2.22. The van der Waals surface area contributed by atoms with Crippen molar-refractivity contribution in [2.75, 3.05) is 33.8 Å². The maximum Gasteiger partial charge on any atom is 0.191 e. The SMILES string of the molecule is CCCCN1CCC(NC(=NC)NCc2cc3c(cc2OC)CC(C)O3)CC1. The number of ether oxygens (including phenoxy) is 2. The number of methoxy groups -OCH3 is 1. The standard InChI is InChI=1S/C22H36N4O2/c1-5-6-9-26-10-7-19(8-11-26)25-22(23-3)24-15-18-14-21-17(12-16(2)28-21)13-20(18)27-4/h13-14,16,19H,5-12,15H2,1-4H3,(H2,23,24,25). The van der Waals surface area contributed by atoms with E-state index < -0.39 is 0 Å². The van der Waals surface area contributed by atoms with E-state index >= 15 is 0 Å². The van der Waals surface area contributed by atoms with Crippen LogP contribution in [0.15, 0.2) is 17.1 Å².